The fourth-order valence-corrected chi connectivity index (χ4v) is 2.91. The van der Waals surface area contributed by atoms with Crippen LogP contribution in [0.4, 0.5) is 0 Å². The molecular formula is C18H28ClN3O2. The minimum Gasteiger partial charge on any atom is -0.341 e. The molecule has 1 heterocycles. The van der Waals surface area contributed by atoms with Crippen molar-refractivity contribution in [1.82, 2.24) is 15.1 Å². The van der Waals surface area contributed by atoms with Gasteiger partial charge in [-0.05, 0) is 45.5 Å². The summed E-state index contributed by atoms with van der Waals surface area (Å²) in [6.45, 7) is 5.56. The van der Waals surface area contributed by atoms with E-state index in [2.05, 4.69) is 5.32 Å². The quantitative estimate of drug-likeness (QED) is 0.825. The molecule has 0 aromatic heterocycles. The predicted molar refractivity (Wildman–Crippen MR) is 98.7 cm³/mol. The van der Waals surface area contributed by atoms with E-state index in [4.69, 9.17) is 0 Å². The van der Waals surface area contributed by atoms with Crippen LogP contribution in [0.1, 0.15) is 35.2 Å². The Balaban J connectivity index is 0.00000288. The summed E-state index contributed by atoms with van der Waals surface area (Å²) in [7, 11) is 1.89. The first-order valence-corrected chi connectivity index (χ1v) is 8.40. The van der Waals surface area contributed by atoms with Gasteiger partial charge in [0, 0.05) is 38.2 Å². The summed E-state index contributed by atoms with van der Waals surface area (Å²) < 4.78 is 0. The van der Waals surface area contributed by atoms with E-state index in [-0.39, 0.29) is 24.2 Å². The third-order valence-electron chi connectivity index (χ3n) is 4.22. The Morgan fingerprint density at radius 2 is 1.83 bits per heavy atom. The molecule has 0 bridgehead atoms. The highest BCUT2D eigenvalue weighted by Gasteiger charge is 2.22. The van der Waals surface area contributed by atoms with E-state index in [0.29, 0.717) is 26.1 Å². The van der Waals surface area contributed by atoms with Gasteiger partial charge < -0.3 is 15.1 Å². The number of amides is 2. The van der Waals surface area contributed by atoms with Crippen molar-refractivity contribution in [2.75, 3.05) is 39.8 Å². The molecule has 1 aromatic rings. The van der Waals surface area contributed by atoms with Gasteiger partial charge in [-0.1, -0.05) is 17.7 Å². The number of nitrogens with zero attached hydrogens (tertiary/aromatic N) is 2. The lowest BCUT2D eigenvalue weighted by Crippen LogP contribution is -2.37. The number of rotatable bonds is 5. The normalized spacial score (nSPS) is 14.8. The summed E-state index contributed by atoms with van der Waals surface area (Å²) in [5, 5.41) is 3.06. The van der Waals surface area contributed by atoms with Gasteiger partial charge in [0.2, 0.25) is 5.91 Å². The molecule has 2 amide bonds. The average Bonchev–Trinajstić information content (AvgIpc) is 2.80. The largest absolute Gasteiger partial charge is 0.341 e. The Morgan fingerprint density at radius 3 is 2.54 bits per heavy atom. The maximum Gasteiger partial charge on any atom is 0.253 e. The van der Waals surface area contributed by atoms with Crippen LogP contribution in [0.15, 0.2) is 24.3 Å². The predicted octanol–water partition coefficient (Wildman–Crippen LogP) is 2.09. The molecule has 1 fully saturated rings. The zero-order valence-corrected chi connectivity index (χ0v) is 15.4. The van der Waals surface area contributed by atoms with Gasteiger partial charge in [0.05, 0.1) is 0 Å². The topological polar surface area (TPSA) is 52.7 Å². The maximum atomic E-state index is 12.6. The zero-order valence-electron chi connectivity index (χ0n) is 14.6. The summed E-state index contributed by atoms with van der Waals surface area (Å²) in [5.41, 5.74) is 1.82. The molecule has 0 aliphatic carbocycles. The van der Waals surface area contributed by atoms with E-state index in [1.807, 2.05) is 48.0 Å². The standard InChI is InChI=1S/C18H27N3O2.ClH/c1-15-6-3-7-16(14-15)18(23)21-11-5-10-20(12-13-21)17(22)8-4-9-19-2;/h3,6-7,14,19H,4-5,8-13H2,1-2H3;1H. The Labute approximate surface area is 150 Å². The van der Waals surface area contributed by atoms with Crippen LogP contribution in [0, 0.1) is 6.92 Å². The minimum absolute atomic E-state index is 0. The Morgan fingerprint density at radius 1 is 1.12 bits per heavy atom. The van der Waals surface area contributed by atoms with Crippen LogP contribution in [0.25, 0.3) is 0 Å². The lowest BCUT2D eigenvalue weighted by Gasteiger charge is -2.22. The first-order valence-electron chi connectivity index (χ1n) is 8.40. The Kier molecular flexibility index (Phi) is 8.79. The van der Waals surface area contributed by atoms with Gasteiger partial charge in [-0.15, -0.1) is 12.4 Å². The van der Waals surface area contributed by atoms with Crippen molar-refractivity contribution in [3.63, 3.8) is 0 Å². The summed E-state index contributed by atoms with van der Waals surface area (Å²) >= 11 is 0. The second-order valence-electron chi connectivity index (χ2n) is 6.10. The first kappa shape index (κ1) is 20.5. The fourth-order valence-electron chi connectivity index (χ4n) is 2.91. The molecule has 6 heteroatoms. The number of carbonyl (C=O) groups excluding carboxylic acids is 2. The van der Waals surface area contributed by atoms with Gasteiger partial charge >= 0.3 is 0 Å². The summed E-state index contributed by atoms with van der Waals surface area (Å²) in [6.07, 6.45) is 2.28. The third kappa shape index (κ3) is 5.80. The van der Waals surface area contributed by atoms with Crippen LogP contribution < -0.4 is 5.32 Å². The van der Waals surface area contributed by atoms with Crippen molar-refractivity contribution in [1.29, 1.82) is 0 Å². The van der Waals surface area contributed by atoms with Crippen molar-refractivity contribution >= 4 is 24.2 Å². The van der Waals surface area contributed by atoms with Crippen LogP contribution in [-0.2, 0) is 4.79 Å². The number of nitrogens with one attached hydrogen (secondary N) is 1. The van der Waals surface area contributed by atoms with E-state index in [1.165, 1.54) is 0 Å². The molecule has 1 aliphatic heterocycles. The molecule has 0 radical (unpaired) electrons. The summed E-state index contributed by atoms with van der Waals surface area (Å²) in [5.74, 6) is 0.267. The number of hydrogen-bond acceptors (Lipinski definition) is 3. The number of hydrogen-bond donors (Lipinski definition) is 1. The van der Waals surface area contributed by atoms with E-state index < -0.39 is 0 Å². The van der Waals surface area contributed by atoms with Crippen LogP contribution >= 0.6 is 12.4 Å². The molecule has 0 saturated carbocycles. The highest BCUT2D eigenvalue weighted by Crippen LogP contribution is 2.12. The van der Waals surface area contributed by atoms with Gasteiger partial charge in [-0.3, -0.25) is 9.59 Å². The summed E-state index contributed by atoms with van der Waals surface area (Å²) in [4.78, 5) is 28.6. The number of aryl methyl sites for hydroxylation is 1. The van der Waals surface area contributed by atoms with E-state index in [0.717, 1.165) is 37.1 Å². The van der Waals surface area contributed by atoms with Crippen LogP contribution in [0.3, 0.4) is 0 Å². The zero-order chi connectivity index (χ0) is 16.7. The fraction of sp³-hybridized carbons (Fsp3) is 0.556. The second kappa shape index (κ2) is 10.3. The Bertz CT molecular complexity index is 551. The minimum atomic E-state index is 0. The smallest absolute Gasteiger partial charge is 0.253 e. The molecule has 1 aromatic carbocycles. The van der Waals surface area contributed by atoms with Crippen molar-refractivity contribution < 1.29 is 9.59 Å². The molecule has 0 atom stereocenters. The molecule has 134 valence electrons. The van der Waals surface area contributed by atoms with Gasteiger partial charge in [0.1, 0.15) is 0 Å². The van der Waals surface area contributed by atoms with Gasteiger partial charge in [-0.2, -0.15) is 0 Å². The monoisotopic (exact) mass is 353 g/mol. The van der Waals surface area contributed by atoms with E-state index >= 15 is 0 Å². The van der Waals surface area contributed by atoms with E-state index in [1.54, 1.807) is 0 Å². The highest BCUT2D eigenvalue weighted by atomic mass is 35.5. The van der Waals surface area contributed by atoms with Gasteiger partial charge in [0.15, 0.2) is 0 Å². The van der Waals surface area contributed by atoms with Crippen molar-refractivity contribution in [2.24, 2.45) is 0 Å². The lowest BCUT2D eigenvalue weighted by molar-refractivity contribution is -0.131. The van der Waals surface area contributed by atoms with Crippen LogP contribution in [0.2, 0.25) is 0 Å². The lowest BCUT2D eigenvalue weighted by atomic mass is 10.1. The van der Waals surface area contributed by atoms with Crippen molar-refractivity contribution in [3.8, 4) is 0 Å². The first-order chi connectivity index (χ1) is 11.1. The van der Waals surface area contributed by atoms with E-state index in [9.17, 15) is 9.59 Å². The molecule has 5 nitrogen and oxygen atoms in total. The van der Waals surface area contributed by atoms with Gasteiger partial charge in [-0.25, -0.2) is 0 Å². The molecular weight excluding hydrogens is 326 g/mol. The number of carbonyl (C=O) groups is 2. The van der Waals surface area contributed by atoms with Crippen molar-refractivity contribution in [3.05, 3.63) is 35.4 Å². The molecule has 0 spiro atoms. The molecule has 1 aliphatic rings. The average molecular weight is 354 g/mol. The molecule has 1 saturated heterocycles. The maximum absolute atomic E-state index is 12.6. The number of benzene rings is 1. The molecule has 24 heavy (non-hydrogen) atoms. The Hall–Kier alpha value is -1.59. The summed E-state index contributed by atoms with van der Waals surface area (Å²) in [6, 6.07) is 7.69. The third-order valence-corrected chi connectivity index (χ3v) is 4.22. The molecule has 1 N–H and O–H groups in total. The molecule has 0 unspecified atom stereocenters. The molecule has 2 rings (SSSR count). The van der Waals surface area contributed by atoms with Crippen molar-refractivity contribution in [2.45, 2.75) is 26.2 Å². The number of halogens is 1. The van der Waals surface area contributed by atoms with Gasteiger partial charge in [0.25, 0.3) is 5.91 Å². The van der Waals surface area contributed by atoms with Crippen LogP contribution in [0.5, 0.6) is 0 Å². The van der Waals surface area contributed by atoms with Crippen LogP contribution in [-0.4, -0.2) is 61.4 Å². The highest BCUT2D eigenvalue weighted by molar-refractivity contribution is 5.94. The second-order valence-corrected chi connectivity index (χ2v) is 6.10. The SMILES string of the molecule is CNCCCC(=O)N1CCCN(C(=O)c2cccc(C)c2)CC1.Cl.